The Labute approximate surface area is 156 Å². The molecule has 0 saturated heterocycles. The zero-order valence-corrected chi connectivity index (χ0v) is 16.3. The molecule has 1 aromatic carbocycles. The minimum atomic E-state index is 0. The first-order valence-corrected chi connectivity index (χ1v) is 8.11. The van der Waals surface area contributed by atoms with Gasteiger partial charge in [0.05, 0.1) is 0 Å². The number of halogens is 1. The van der Waals surface area contributed by atoms with Crippen LogP contribution in [0.3, 0.4) is 0 Å². The highest BCUT2D eigenvalue weighted by atomic mass is 127. The van der Waals surface area contributed by atoms with Crippen molar-refractivity contribution in [1.82, 2.24) is 15.5 Å². The molecular formula is C17H27IN4O. The van der Waals surface area contributed by atoms with Gasteiger partial charge in [0.2, 0.25) is 5.91 Å². The van der Waals surface area contributed by atoms with E-state index in [9.17, 15) is 4.79 Å². The van der Waals surface area contributed by atoms with E-state index in [1.807, 2.05) is 30.9 Å². The minimum absolute atomic E-state index is 0. The lowest BCUT2D eigenvalue weighted by molar-refractivity contribution is -0.131. The van der Waals surface area contributed by atoms with Crippen LogP contribution < -0.4 is 10.6 Å². The third-order valence-corrected chi connectivity index (χ3v) is 3.70. The number of hydrogen-bond acceptors (Lipinski definition) is 2. The molecule has 0 aromatic heterocycles. The van der Waals surface area contributed by atoms with Crippen molar-refractivity contribution >= 4 is 35.8 Å². The predicted molar refractivity (Wildman–Crippen MR) is 105 cm³/mol. The van der Waals surface area contributed by atoms with E-state index in [4.69, 9.17) is 0 Å². The first kappa shape index (κ1) is 19.7. The number of guanidine groups is 1. The van der Waals surface area contributed by atoms with E-state index < -0.39 is 0 Å². The average Bonchev–Trinajstić information content (AvgIpc) is 2.95. The van der Waals surface area contributed by atoms with Gasteiger partial charge in [0, 0.05) is 39.1 Å². The molecule has 0 saturated carbocycles. The smallest absolute Gasteiger partial charge is 0.223 e. The van der Waals surface area contributed by atoms with Crippen molar-refractivity contribution in [1.29, 1.82) is 0 Å². The van der Waals surface area contributed by atoms with Crippen LogP contribution in [0.1, 0.15) is 37.8 Å². The Bertz CT molecular complexity index is 500. The molecule has 0 unspecified atom stereocenters. The van der Waals surface area contributed by atoms with E-state index in [1.165, 1.54) is 11.1 Å². The van der Waals surface area contributed by atoms with Gasteiger partial charge >= 0.3 is 0 Å². The lowest BCUT2D eigenvalue weighted by atomic mass is 10.1. The van der Waals surface area contributed by atoms with Gasteiger partial charge in [-0.05, 0) is 31.4 Å². The molecule has 2 N–H and O–H groups in total. The van der Waals surface area contributed by atoms with Gasteiger partial charge in [-0.15, -0.1) is 24.0 Å². The van der Waals surface area contributed by atoms with Gasteiger partial charge < -0.3 is 15.5 Å². The molecule has 1 heterocycles. The van der Waals surface area contributed by atoms with Crippen LogP contribution in [0.15, 0.2) is 29.3 Å². The second-order valence-electron chi connectivity index (χ2n) is 5.41. The number of rotatable bonds is 6. The Hall–Kier alpha value is -1.31. The number of carbonyl (C=O) groups excluding carboxylic acids is 1. The van der Waals surface area contributed by atoms with Crippen LogP contribution in [0.5, 0.6) is 0 Å². The molecule has 2 rings (SSSR count). The van der Waals surface area contributed by atoms with E-state index >= 15 is 0 Å². The minimum Gasteiger partial charge on any atom is -0.357 e. The molecule has 0 atom stereocenters. The van der Waals surface area contributed by atoms with E-state index in [0.29, 0.717) is 13.0 Å². The Morgan fingerprint density at radius 3 is 2.22 bits per heavy atom. The lowest BCUT2D eigenvalue weighted by Crippen LogP contribution is -2.37. The molecule has 0 spiro atoms. The van der Waals surface area contributed by atoms with E-state index in [0.717, 1.165) is 38.6 Å². The summed E-state index contributed by atoms with van der Waals surface area (Å²) in [4.78, 5) is 18.7. The Kier molecular flexibility index (Phi) is 8.98. The Morgan fingerprint density at radius 2 is 1.70 bits per heavy atom. The molecule has 1 aliphatic rings. The molecule has 0 fully saturated rings. The zero-order valence-electron chi connectivity index (χ0n) is 14.0. The highest BCUT2D eigenvalue weighted by Crippen LogP contribution is 2.22. The Morgan fingerprint density at radius 1 is 1.13 bits per heavy atom. The summed E-state index contributed by atoms with van der Waals surface area (Å²) >= 11 is 0. The first-order chi connectivity index (χ1) is 10.7. The summed E-state index contributed by atoms with van der Waals surface area (Å²) in [6.07, 6.45) is 1.34. The molecule has 128 valence electrons. The number of nitrogens with zero attached hydrogens (tertiary/aromatic N) is 2. The highest BCUT2D eigenvalue weighted by Gasteiger charge is 2.21. The molecule has 1 amide bonds. The van der Waals surface area contributed by atoms with Crippen LogP contribution in [0.25, 0.3) is 0 Å². The van der Waals surface area contributed by atoms with Crippen molar-refractivity contribution < 1.29 is 4.79 Å². The van der Waals surface area contributed by atoms with Crippen LogP contribution in [-0.2, 0) is 17.9 Å². The quantitative estimate of drug-likeness (QED) is 0.316. The predicted octanol–water partition coefficient (Wildman–Crippen LogP) is 2.50. The largest absolute Gasteiger partial charge is 0.357 e. The van der Waals surface area contributed by atoms with Gasteiger partial charge in [-0.3, -0.25) is 9.79 Å². The van der Waals surface area contributed by atoms with E-state index in [1.54, 1.807) is 0 Å². The normalized spacial score (nSPS) is 12.2. The van der Waals surface area contributed by atoms with Crippen LogP contribution in [-0.4, -0.2) is 36.4 Å². The Balaban J connectivity index is 0.00000264. The van der Waals surface area contributed by atoms with Crippen molar-refractivity contribution in [3.63, 3.8) is 0 Å². The fourth-order valence-corrected chi connectivity index (χ4v) is 2.60. The number of aliphatic imine (C=N–C) groups is 1. The molecular weight excluding hydrogens is 403 g/mol. The topological polar surface area (TPSA) is 56.7 Å². The summed E-state index contributed by atoms with van der Waals surface area (Å²) < 4.78 is 0. The molecule has 0 bridgehead atoms. The van der Waals surface area contributed by atoms with Gasteiger partial charge in [0.1, 0.15) is 0 Å². The second-order valence-corrected chi connectivity index (χ2v) is 5.41. The SMILES string of the molecule is CCNC(=NCCCC(=O)N1Cc2ccccc2C1)NCC.I. The van der Waals surface area contributed by atoms with Crippen LogP contribution >= 0.6 is 24.0 Å². The molecule has 23 heavy (non-hydrogen) atoms. The maximum Gasteiger partial charge on any atom is 0.223 e. The number of hydrogen-bond donors (Lipinski definition) is 2. The zero-order chi connectivity index (χ0) is 15.8. The second kappa shape index (κ2) is 10.5. The number of benzene rings is 1. The van der Waals surface area contributed by atoms with E-state index in [2.05, 4.69) is 27.8 Å². The molecule has 1 aromatic rings. The number of fused-ring (bicyclic) bond motifs is 1. The van der Waals surface area contributed by atoms with Gasteiger partial charge in [-0.25, -0.2) is 0 Å². The molecule has 0 radical (unpaired) electrons. The van der Waals surface area contributed by atoms with Gasteiger partial charge in [0.25, 0.3) is 0 Å². The van der Waals surface area contributed by atoms with Crippen molar-refractivity contribution in [2.24, 2.45) is 4.99 Å². The molecule has 6 heteroatoms. The fraction of sp³-hybridized carbons (Fsp3) is 0.529. The van der Waals surface area contributed by atoms with Crippen LogP contribution in [0.2, 0.25) is 0 Å². The van der Waals surface area contributed by atoms with Crippen molar-refractivity contribution in [3.05, 3.63) is 35.4 Å². The van der Waals surface area contributed by atoms with Crippen molar-refractivity contribution in [2.45, 2.75) is 39.8 Å². The third-order valence-electron chi connectivity index (χ3n) is 3.70. The lowest BCUT2D eigenvalue weighted by Gasteiger charge is -2.15. The summed E-state index contributed by atoms with van der Waals surface area (Å²) in [7, 11) is 0. The summed E-state index contributed by atoms with van der Waals surface area (Å²) in [5.41, 5.74) is 2.55. The number of nitrogens with one attached hydrogen (secondary N) is 2. The summed E-state index contributed by atoms with van der Waals surface area (Å²) in [6, 6.07) is 8.27. The molecule has 0 aliphatic carbocycles. The van der Waals surface area contributed by atoms with Crippen LogP contribution in [0, 0.1) is 0 Å². The molecule has 1 aliphatic heterocycles. The average molecular weight is 430 g/mol. The van der Waals surface area contributed by atoms with Gasteiger partial charge in [-0.2, -0.15) is 0 Å². The summed E-state index contributed by atoms with van der Waals surface area (Å²) in [6.45, 7) is 7.94. The van der Waals surface area contributed by atoms with E-state index in [-0.39, 0.29) is 29.9 Å². The van der Waals surface area contributed by atoms with Gasteiger partial charge in [-0.1, -0.05) is 24.3 Å². The molecule has 5 nitrogen and oxygen atoms in total. The number of amides is 1. The standard InChI is InChI=1S/C17H26N4O.HI/c1-3-18-17(19-4-2)20-11-7-10-16(22)21-12-14-8-5-6-9-15(14)13-21;/h5-6,8-9H,3-4,7,10-13H2,1-2H3,(H2,18,19,20);1H. The maximum absolute atomic E-state index is 12.3. The summed E-state index contributed by atoms with van der Waals surface area (Å²) in [5.74, 6) is 1.05. The van der Waals surface area contributed by atoms with Crippen LogP contribution in [0.4, 0.5) is 0 Å². The monoisotopic (exact) mass is 430 g/mol. The maximum atomic E-state index is 12.3. The highest BCUT2D eigenvalue weighted by molar-refractivity contribution is 14.0. The number of carbonyl (C=O) groups is 1. The van der Waals surface area contributed by atoms with Crippen molar-refractivity contribution in [3.8, 4) is 0 Å². The van der Waals surface area contributed by atoms with Gasteiger partial charge in [0.15, 0.2) is 5.96 Å². The fourth-order valence-electron chi connectivity index (χ4n) is 2.60. The third kappa shape index (κ3) is 6.01. The first-order valence-electron chi connectivity index (χ1n) is 8.11. The van der Waals surface area contributed by atoms with Crippen molar-refractivity contribution in [2.75, 3.05) is 19.6 Å². The summed E-state index contributed by atoms with van der Waals surface area (Å²) in [5, 5.41) is 6.36.